The molecule has 0 amide bonds. The molecule has 2 N–H and O–H groups in total. The van der Waals surface area contributed by atoms with Gasteiger partial charge in [-0.25, -0.2) is 0 Å². The van der Waals surface area contributed by atoms with Crippen molar-refractivity contribution in [3.05, 3.63) is 83.9 Å². The SMILES string of the molecule is c1cc(OCCOc2ccc(-c3cc4ccc(C5=NCCN5)cc4o3)cc2)cc(C2=NCCN2)c1. The molecule has 0 spiro atoms. The molecule has 3 heterocycles. The van der Waals surface area contributed by atoms with Crippen molar-refractivity contribution in [2.45, 2.75) is 0 Å². The van der Waals surface area contributed by atoms with E-state index in [-0.39, 0.29) is 0 Å². The summed E-state index contributed by atoms with van der Waals surface area (Å²) >= 11 is 0. The van der Waals surface area contributed by atoms with Crippen LogP contribution in [0.5, 0.6) is 11.5 Å². The predicted octanol–water partition coefficient (Wildman–Crippen LogP) is 4.26. The van der Waals surface area contributed by atoms with Gasteiger partial charge in [0.25, 0.3) is 0 Å². The molecule has 7 heteroatoms. The topological polar surface area (TPSA) is 80.4 Å². The van der Waals surface area contributed by atoms with Gasteiger partial charge in [-0.1, -0.05) is 24.3 Å². The Kier molecular flexibility index (Phi) is 5.80. The zero-order chi connectivity index (χ0) is 23.5. The fourth-order valence-corrected chi connectivity index (χ4v) is 4.27. The van der Waals surface area contributed by atoms with Gasteiger partial charge >= 0.3 is 0 Å². The highest BCUT2D eigenvalue weighted by Crippen LogP contribution is 2.30. The molecule has 2 aliphatic heterocycles. The van der Waals surface area contributed by atoms with E-state index in [1.54, 1.807) is 0 Å². The molecule has 0 radical (unpaired) electrons. The van der Waals surface area contributed by atoms with Crippen LogP contribution < -0.4 is 20.1 Å². The summed E-state index contributed by atoms with van der Waals surface area (Å²) in [5, 5.41) is 7.66. The molecule has 6 rings (SSSR count). The fourth-order valence-electron chi connectivity index (χ4n) is 4.27. The lowest BCUT2D eigenvalue weighted by molar-refractivity contribution is 0.217. The largest absolute Gasteiger partial charge is 0.490 e. The van der Waals surface area contributed by atoms with E-state index in [2.05, 4.69) is 38.8 Å². The first-order valence-electron chi connectivity index (χ1n) is 11.9. The summed E-state index contributed by atoms with van der Waals surface area (Å²) in [5.41, 5.74) is 3.95. The minimum atomic E-state index is 0.452. The monoisotopic (exact) mass is 466 g/mol. The van der Waals surface area contributed by atoms with Crippen LogP contribution in [0, 0.1) is 0 Å². The Hall–Kier alpha value is -4.26. The van der Waals surface area contributed by atoms with Crippen LogP contribution in [-0.4, -0.2) is 51.1 Å². The molecule has 0 bridgehead atoms. The van der Waals surface area contributed by atoms with Crippen LogP contribution in [-0.2, 0) is 0 Å². The van der Waals surface area contributed by atoms with Gasteiger partial charge in [0.15, 0.2) is 0 Å². The molecular formula is C28H26N4O3. The summed E-state index contributed by atoms with van der Waals surface area (Å²) in [6.45, 7) is 4.32. The third-order valence-corrected chi connectivity index (χ3v) is 6.01. The van der Waals surface area contributed by atoms with Crippen LogP contribution in [0.2, 0.25) is 0 Å². The van der Waals surface area contributed by atoms with Crippen molar-refractivity contribution in [2.24, 2.45) is 9.98 Å². The predicted molar refractivity (Wildman–Crippen MR) is 138 cm³/mol. The van der Waals surface area contributed by atoms with Crippen LogP contribution in [0.3, 0.4) is 0 Å². The lowest BCUT2D eigenvalue weighted by Crippen LogP contribution is -2.19. The Bertz CT molecular complexity index is 1410. The highest BCUT2D eigenvalue weighted by Gasteiger charge is 2.12. The number of aliphatic imine (C=N–C) groups is 2. The van der Waals surface area contributed by atoms with Gasteiger partial charge in [0.2, 0.25) is 0 Å². The molecule has 1 aromatic heterocycles. The van der Waals surface area contributed by atoms with E-state index in [4.69, 9.17) is 13.9 Å². The number of nitrogens with one attached hydrogen (secondary N) is 2. The summed E-state index contributed by atoms with van der Waals surface area (Å²) in [6.07, 6.45) is 0. The number of hydrogen-bond acceptors (Lipinski definition) is 7. The molecule has 3 aromatic carbocycles. The summed E-state index contributed by atoms with van der Waals surface area (Å²) in [6, 6.07) is 24.1. The normalized spacial score (nSPS) is 14.9. The molecule has 0 unspecified atom stereocenters. The Balaban J connectivity index is 1.05. The Labute approximate surface area is 203 Å². The molecule has 0 saturated heterocycles. The van der Waals surface area contributed by atoms with E-state index in [9.17, 15) is 0 Å². The number of nitrogens with zero attached hydrogens (tertiary/aromatic N) is 2. The van der Waals surface area contributed by atoms with Crippen molar-refractivity contribution in [1.29, 1.82) is 0 Å². The van der Waals surface area contributed by atoms with Crippen molar-refractivity contribution in [3.63, 3.8) is 0 Å². The molecule has 4 aromatic rings. The summed E-state index contributed by atoms with van der Waals surface area (Å²) in [5.74, 6) is 4.29. The third-order valence-electron chi connectivity index (χ3n) is 6.01. The number of ether oxygens (including phenoxy) is 2. The second-order valence-corrected chi connectivity index (χ2v) is 8.43. The quantitative estimate of drug-likeness (QED) is 0.380. The highest BCUT2D eigenvalue weighted by atomic mass is 16.5. The minimum Gasteiger partial charge on any atom is -0.490 e. The third kappa shape index (κ3) is 4.71. The molecule has 35 heavy (non-hydrogen) atoms. The fraction of sp³-hybridized carbons (Fsp3) is 0.214. The lowest BCUT2D eigenvalue weighted by atomic mass is 10.1. The van der Waals surface area contributed by atoms with Crippen molar-refractivity contribution in [3.8, 4) is 22.8 Å². The Morgan fingerprint density at radius 3 is 2.09 bits per heavy atom. The molecular weight excluding hydrogens is 440 g/mol. The average Bonchev–Trinajstić information content (AvgIpc) is 3.68. The summed E-state index contributed by atoms with van der Waals surface area (Å²) in [4.78, 5) is 8.94. The number of furan rings is 1. The molecule has 0 atom stereocenters. The Morgan fingerprint density at radius 2 is 1.37 bits per heavy atom. The zero-order valence-electron chi connectivity index (χ0n) is 19.3. The van der Waals surface area contributed by atoms with E-state index in [0.717, 1.165) is 82.8 Å². The maximum absolute atomic E-state index is 6.13. The number of rotatable bonds is 8. The Morgan fingerprint density at radius 1 is 0.686 bits per heavy atom. The molecule has 0 fully saturated rings. The van der Waals surface area contributed by atoms with Gasteiger partial charge in [0.05, 0.1) is 13.1 Å². The number of hydrogen-bond donors (Lipinski definition) is 2. The number of benzene rings is 3. The van der Waals surface area contributed by atoms with Crippen molar-refractivity contribution in [2.75, 3.05) is 39.4 Å². The zero-order valence-corrected chi connectivity index (χ0v) is 19.3. The van der Waals surface area contributed by atoms with Crippen molar-refractivity contribution >= 4 is 22.6 Å². The maximum Gasteiger partial charge on any atom is 0.135 e. The highest BCUT2D eigenvalue weighted by molar-refractivity contribution is 6.02. The van der Waals surface area contributed by atoms with Gasteiger partial charge in [-0.05, 0) is 48.5 Å². The van der Waals surface area contributed by atoms with Gasteiger partial charge in [-0.3, -0.25) is 9.98 Å². The van der Waals surface area contributed by atoms with Gasteiger partial charge in [-0.15, -0.1) is 0 Å². The first-order valence-corrected chi connectivity index (χ1v) is 11.9. The van der Waals surface area contributed by atoms with E-state index >= 15 is 0 Å². The van der Waals surface area contributed by atoms with E-state index < -0.39 is 0 Å². The molecule has 176 valence electrons. The summed E-state index contributed by atoms with van der Waals surface area (Å²) < 4.78 is 17.9. The van der Waals surface area contributed by atoms with E-state index in [1.807, 2.05) is 54.6 Å². The van der Waals surface area contributed by atoms with Gasteiger partial charge in [-0.2, -0.15) is 0 Å². The average molecular weight is 467 g/mol. The van der Waals surface area contributed by atoms with Gasteiger partial charge < -0.3 is 24.5 Å². The number of fused-ring (bicyclic) bond motifs is 1. The summed E-state index contributed by atoms with van der Waals surface area (Å²) in [7, 11) is 0. The minimum absolute atomic E-state index is 0.452. The second kappa shape index (κ2) is 9.54. The number of amidine groups is 2. The van der Waals surface area contributed by atoms with E-state index in [1.165, 1.54) is 0 Å². The van der Waals surface area contributed by atoms with Crippen LogP contribution >= 0.6 is 0 Å². The van der Waals surface area contributed by atoms with Crippen molar-refractivity contribution < 1.29 is 13.9 Å². The van der Waals surface area contributed by atoms with Crippen LogP contribution in [0.4, 0.5) is 0 Å². The smallest absolute Gasteiger partial charge is 0.135 e. The lowest BCUT2D eigenvalue weighted by Gasteiger charge is -2.10. The van der Waals surface area contributed by atoms with Gasteiger partial charge in [0, 0.05) is 35.2 Å². The molecule has 2 aliphatic rings. The molecule has 7 nitrogen and oxygen atoms in total. The first kappa shape index (κ1) is 21.3. The molecule has 0 aliphatic carbocycles. The second-order valence-electron chi connectivity index (χ2n) is 8.43. The van der Waals surface area contributed by atoms with Crippen LogP contribution in [0.15, 0.2) is 87.2 Å². The van der Waals surface area contributed by atoms with Crippen LogP contribution in [0.25, 0.3) is 22.3 Å². The van der Waals surface area contributed by atoms with Crippen molar-refractivity contribution in [1.82, 2.24) is 10.6 Å². The first-order chi connectivity index (χ1) is 17.3. The van der Waals surface area contributed by atoms with Gasteiger partial charge in [0.1, 0.15) is 47.7 Å². The van der Waals surface area contributed by atoms with E-state index in [0.29, 0.717) is 13.2 Å². The van der Waals surface area contributed by atoms with Crippen LogP contribution in [0.1, 0.15) is 11.1 Å². The molecule has 0 saturated carbocycles. The standard InChI is InChI=1S/C28H26N4O3/c1-2-21(27-29-10-11-30-27)16-24(3-1)34-15-14-33-23-8-6-19(7-9-23)25-17-20-4-5-22(18-26(20)35-25)28-31-12-13-32-28/h1-9,16-18H,10-15H2,(H,29,30)(H,31,32). The maximum atomic E-state index is 6.13.